The van der Waals surface area contributed by atoms with Crippen molar-refractivity contribution in [1.82, 2.24) is 4.98 Å². The standard InChI is InChI=1S/C14H15NO2S/c1-8-5-12(9(2)10(3)13(8)17-4)14-15-11(6-16)7-18-14/h5-7H,1-4H3. The van der Waals surface area contributed by atoms with Crippen molar-refractivity contribution in [2.24, 2.45) is 0 Å². The van der Waals surface area contributed by atoms with Crippen molar-refractivity contribution < 1.29 is 9.53 Å². The number of nitrogens with zero attached hydrogens (tertiary/aromatic N) is 1. The van der Waals surface area contributed by atoms with Crippen LogP contribution in [-0.4, -0.2) is 18.4 Å². The summed E-state index contributed by atoms with van der Waals surface area (Å²) in [6.07, 6.45) is 0.776. The van der Waals surface area contributed by atoms with Crippen molar-refractivity contribution in [1.29, 1.82) is 0 Å². The molecule has 1 aromatic carbocycles. The Morgan fingerprint density at radius 3 is 2.56 bits per heavy atom. The van der Waals surface area contributed by atoms with Crippen LogP contribution in [0.2, 0.25) is 0 Å². The molecule has 0 aliphatic rings. The largest absolute Gasteiger partial charge is 0.496 e. The number of aryl methyl sites for hydroxylation is 1. The molecule has 18 heavy (non-hydrogen) atoms. The molecule has 0 amide bonds. The van der Waals surface area contributed by atoms with Crippen LogP contribution in [0.4, 0.5) is 0 Å². The zero-order valence-electron chi connectivity index (χ0n) is 10.9. The molecule has 0 fully saturated rings. The number of ether oxygens (including phenoxy) is 1. The average Bonchev–Trinajstić information content (AvgIpc) is 2.83. The van der Waals surface area contributed by atoms with E-state index in [0.29, 0.717) is 5.69 Å². The molecule has 4 heteroatoms. The smallest absolute Gasteiger partial charge is 0.169 e. The van der Waals surface area contributed by atoms with Gasteiger partial charge >= 0.3 is 0 Å². The Bertz CT molecular complexity index is 602. The van der Waals surface area contributed by atoms with Crippen molar-refractivity contribution in [3.8, 4) is 16.3 Å². The van der Waals surface area contributed by atoms with Gasteiger partial charge in [0.2, 0.25) is 0 Å². The second-order valence-corrected chi connectivity index (χ2v) is 5.08. The minimum absolute atomic E-state index is 0.487. The highest BCUT2D eigenvalue weighted by Crippen LogP contribution is 2.35. The first-order valence-electron chi connectivity index (χ1n) is 5.64. The summed E-state index contributed by atoms with van der Waals surface area (Å²) >= 11 is 1.49. The molecule has 0 aliphatic heterocycles. The van der Waals surface area contributed by atoms with Crippen molar-refractivity contribution >= 4 is 17.6 Å². The molecule has 2 aromatic rings. The van der Waals surface area contributed by atoms with Crippen molar-refractivity contribution in [2.75, 3.05) is 7.11 Å². The van der Waals surface area contributed by atoms with Crippen LogP contribution in [0.3, 0.4) is 0 Å². The highest BCUT2D eigenvalue weighted by molar-refractivity contribution is 7.13. The summed E-state index contributed by atoms with van der Waals surface area (Å²) in [7, 11) is 1.68. The summed E-state index contributed by atoms with van der Waals surface area (Å²) in [5.41, 5.74) is 4.91. The zero-order valence-corrected chi connectivity index (χ0v) is 11.7. The molecule has 2 rings (SSSR count). The number of rotatable bonds is 3. The van der Waals surface area contributed by atoms with E-state index in [-0.39, 0.29) is 0 Å². The molecule has 0 radical (unpaired) electrons. The van der Waals surface area contributed by atoms with Crippen LogP contribution < -0.4 is 4.74 Å². The molecule has 94 valence electrons. The highest BCUT2D eigenvalue weighted by atomic mass is 32.1. The lowest BCUT2D eigenvalue weighted by Crippen LogP contribution is -1.96. The van der Waals surface area contributed by atoms with E-state index in [1.165, 1.54) is 11.3 Å². The van der Waals surface area contributed by atoms with Gasteiger partial charge in [-0.3, -0.25) is 4.79 Å². The van der Waals surface area contributed by atoms with E-state index in [2.05, 4.69) is 18.0 Å². The number of carbonyl (C=O) groups is 1. The van der Waals surface area contributed by atoms with Crippen LogP contribution in [0, 0.1) is 20.8 Å². The molecular formula is C14H15NO2S. The van der Waals surface area contributed by atoms with Gasteiger partial charge in [0.15, 0.2) is 6.29 Å². The molecular weight excluding hydrogens is 246 g/mol. The van der Waals surface area contributed by atoms with Crippen LogP contribution in [0.25, 0.3) is 10.6 Å². The van der Waals surface area contributed by atoms with E-state index in [0.717, 1.165) is 39.3 Å². The molecule has 1 aromatic heterocycles. The third-order valence-electron chi connectivity index (χ3n) is 3.10. The molecule has 0 saturated carbocycles. The Labute approximate surface area is 110 Å². The summed E-state index contributed by atoms with van der Waals surface area (Å²) in [5, 5.41) is 2.65. The summed E-state index contributed by atoms with van der Waals surface area (Å²) in [6, 6.07) is 2.06. The fourth-order valence-corrected chi connectivity index (χ4v) is 2.90. The number of benzene rings is 1. The summed E-state index contributed by atoms with van der Waals surface area (Å²) in [4.78, 5) is 15.0. The van der Waals surface area contributed by atoms with E-state index in [1.807, 2.05) is 13.8 Å². The maximum absolute atomic E-state index is 10.7. The van der Waals surface area contributed by atoms with Crippen LogP contribution >= 0.6 is 11.3 Å². The third-order valence-corrected chi connectivity index (χ3v) is 4.00. The maximum atomic E-state index is 10.7. The third kappa shape index (κ3) is 2.04. The van der Waals surface area contributed by atoms with E-state index >= 15 is 0 Å². The van der Waals surface area contributed by atoms with E-state index in [9.17, 15) is 4.79 Å². The molecule has 0 spiro atoms. The quantitative estimate of drug-likeness (QED) is 0.793. The topological polar surface area (TPSA) is 39.2 Å². The summed E-state index contributed by atoms with van der Waals surface area (Å²) in [5.74, 6) is 0.920. The van der Waals surface area contributed by atoms with E-state index in [1.54, 1.807) is 12.5 Å². The van der Waals surface area contributed by atoms with Crippen molar-refractivity contribution in [2.45, 2.75) is 20.8 Å². The first-order valence-corrected chi connectivity index (χ1v) is 6.52. The number of hydrogen-bond donors (Lipinski definition) is 0. The van der Waals surface area contributed by atoms with Gasteiger partial charge in [-0.15, -0.1) is 11.3 Å². The van der Waals surface area contributed by atoms with E-state index < -0.39 is 0 Å². The normalized spacial score (nSPS) is 10.4. The second-order valence-electron chi connectivity index (χ2n) is 4.22. The summed E-state index contributed by atoms with van der Waals surface area (Å²) < 4.78 is 5.40. The van der Waals surface area contributed by atoms with Crippen LogP contribution in [0.1, 0.15) is 27.2 Å². The van der Waals surface area contributed by atoms with Crippen LogP contribution in [0.15, 0.2) is 11.4 Å². The number of carbonyl (C=O) groups excluding carboxylic acids is 1. The molecule has 0 aliphatic carbocycles. The number of hydrogen-bond acceptors (Lipinski definition) is 4. The fraction of sp³-hybridized carbons (Fsp3) is 0.286. The fourth-order valence-electron chi connectivity index (χ4n) is 2.06. The lowest BCUT2D eigenvalue weighted by Gasteiger charge is -2.14. The Morgan fingerprint density at radius 1 is 1.28 bits per heavy atom. The average molecular weight is 261 g/mol. The SMILES string of the molecule is COc1c(C)cc(-c2nc(C=O)cs2)c(C)c1C. The zero-order chi connectivity index (χ0) is 13.3. The number of methoxy groups -OCH3 is 1. The Hall–Kier alpha value is -1.68. The first kappa shape index (κ1) is 12.8. The Kier molecular flexibility index (Phi) is 3.48. The molecule has 0 saturated heterocycles. The molecule has 3 nitrogen and oxygen atoms in total. The van der Waals surface area contributed by atoms with Gasteiger partial charge in [-0.1, -0.05) is 0 Å². The van der Waals surface area contributed by atoms with E-state index in [4.69, 9.17) is 4.74 Å². The van der Waals surface area contributed by atoms with Gasteiger partial charge in [0.05, 0.1) is 7.11 Å². The minimum Gasteiger partial charge on any atom is -0.496 e. The molecule has 0 bridgehead atoms. The van der Waals surface area contributed by atoms with Crippen LogP contribution in [-0.2, 0) is 0 Å². The predicted octanol–water partition coefficient (Wildman–Crippen LogP) is 3.56. The van der Waals surface area contributed by atoms with Crippen molar-refractivity contribution in [3.05, 3.63) is 33.8 Å². The monoisotopic (exact) mass is 261 g/mol. The lowest BCUT2D eigenvalue weighted by atomic mass is 9.99. The number of thiazole rings is 1. The molecule has 0 unspecified atom stereocenters. The summed E-state index contributed by atoms with van der Waals surface area (Å²) in [6.45, 7) is 6.11. The lowest BCUT2D eigenvalue weighted by molar-refractivity contribution is 0.111. The number of aldehydes is 1. The predicted molar refractivity (Wildman–Crippen MR) is 73.7 cm³/mol. The van der Waals surface area contributed by atoms with Gasteiger partial charge in [-0.2, -0.15) is 0 Å². The minimum atomic E-state index is 0.487. The van der Waals surface area contributed by atoms with Gasteiger partial charge in [0, 0.05) is 10.9 Å². The van der Waals surface area contributed by atoms with Gasteiger partial charge in [0.1, 0.15) is 16.5 Å². The Morgan fingerprint density at radius 2 is 2.00 bits per heavy atom. The van der Waals surface area contributed by atoms with Crippen LogP contribution in [0.5, 0.6) is 5.75 Å². The maximum Gasteiger partial charge on any atom is 0.169 e. The van der Waals surface area contributed by atoms with Gasteiger partial charge in [-0.05, 0) is 43.5 Å². The molecule has 1 heterocycles. The number of aromatic nitrogens is 1. The van der Waals surface area contributed by atoms with Gasteiger partial charge < -0.3 is 4.74 Å². The molecule has 0 N–H and O–H groups in total. The second kappa shape index (κ2) is 4.90. The molecule has 0 atom stereocenters. The van der Waals surface area contributed by atoms with Gasteiger partial charge in [0.25, 0.3) is 0 Å². The van der Waals surface area contributed by atoms with Crippen molar-refractivity contribution in [3.63, 3.8) is 0 Å². The Balaban J connectivity index is 2.61. The first-order chi connectivity index (χ1) is 8.58. The highest BCUT2D eigenvalue weighted by Gasteiger charge is 2.14. The van der Waals surface area contributed by atoms with Gasteiger partial charge in [-0.25, -0.2) is 4.98 Å².